The number of halogens is 2. The molecular formula is C21H19ClFN3O2. The normalized spacial score (nSPS) is 10.4. The maximum Gasteiger partial charge on any atom is 0.257 e. The monoisotopic (exact) mass is 399 g/mol. The lowest BCUT2D eigenvalue weighted by Crippen LogP contribution is -2.13. The molecule has 0 aliphatic carbocycles. The molecule has 1 amide bonds. The third-order valence-corrected chi connectivity index (χ3v) is 4.33. The van der Waals surface area contributed by atoms with Crippen LogP contribution in [0.4, 0.5) is 15.9 Å². The van der Waals surface area contributed by atoms with Crippen LogP contribution in [0.5, 0.6) is 5.75 Å². The van der Waals surface area contributed by atoms with Gasteiger partial charge in [0.15, 0.2) is 0 Å². The lowest BCUT2D eigenvalue weighted by molar-refractivity contribution is 0.102. The highest BCUT2D eigenvalue weighted by Crippen LogP contribution is 2.28. The number of nitrogens with one attached hydrogen (secondary N) is 2. The number of aromatic nitrogens is 1. The van der Waals surface area contributed by atoms with Crippen LogP contribution >= 0.6 is 11.6 Å². The molecule has 0 aliphatic rings. The molecule has 1 aromatic heterocycles. The number of carbonyl (C=O) groups excluding carboxylic acids is 1. The minimum Gasteiger partial charge on any atom is -0.495 e. The number of methoxy groups -OCH3 is 1. The summed E-state index contributed by atoms with van der Waals surface area (Å²) in [5.41, 5.74) is 1.51. The van der Waals surface area contributed by atoms with Gasteiger partial charge >= 0.3 is 0 Å². The van der Waals surface area contributed by atoms with Gasteiger partial charge in [0.05, 0.1) is 18.4 Å². The molecule has 0 aliphatic heterocycles. The van der Waals surface area contributed by atoms with Crippen LogP contribution in [-0.4, -0.2) is 24.5 Å². The van der Waals surface area contributed by atoms with Gasteiger partial charge in [0.25, 0.3) is 5.91 Å². The third kappa shape index (κ3) is 4.98. The zero-order valence-corrected chi connectivity index (χ0v) is 16.0. The van der Waals surface area contributed by atoms with Gasteiger partial charge in [-0.1, -0.05) is 29.8 Å². The summed E-state index contributed by atoms with van der Waals surface area (Å²) in [6, 6.07) is 15.0. The fourth-order valence-electron chi connectivity index (χ4n) is 2.63. The highest BCUT2D eigenvalue weighted by Gasteiger charge is 2.11. The summed E-state index contributed by atoms with van der Waals surface area (Å²) in [5, 5.41) is 6.36. The molecule has 0 bridgehead atoms. The van der Waals surface area contributed by atoms with Crippen LogP contribution in [-0.2, 0) is 6.42 Å². The lowest BCUT2D eigenvalue weighted by atomic mass is 10.1. The predicted octanol–water partition coefficient (Wildman–Crippen LogP) is 4.79. The molecule has 2 aromatic carbocycles. The average Bonchev–Trinajstić information content (AvgIpc) is 2.70. The average molecular weight is 400 g/mol. The summed E-state index contributed by atoms with van der Waals surface area (Å²) >= 11 is 5.98. The van der Waals surface area contributed by atoms with Gasteiger partial charge in [-0.25, -0.2) is 9.37 Å². The molecule has 3 aromatic rings. The van der Waals surface area contributed by atoms with Crippen LogP contribution in [0.15, 0.2) is 60.8 Å². The van der Waals surface area contributed by atoms with E-state index in [2.05, 4.69) is 15.6 Å². The van der Waals surface area contributed by atoms with E-state index < -0.39 is 0 Å². The molecule has 5 nitrogen and oxygen atoms in total. The Morgan fingerprint density at radius 3 is 2.71 bits per heavy atom. The first-order chi connectivity index (χ1) is 13.6. The molecule has 0 radical (unpaired) electrons. The van der Waals surface area contributed by atoms with Crippen LogP contribution in [0.25, 0.3) is 0 Å². The molecule has 0 saturated carbocycles. The Morgan fingerprint density at radius 2 is 2.00 bits per heavy atom. The Hall–Kier alpha value is -3.12. The van der Waals surface area contributed by atoms with E-state index in [1.165, 1.54) is 19.4 Å². The van der Waals surface area contributed by atoms with Gasteiger partial charge in [-0.05, 0) is 48.4 Å². The molecule has 144 valence electrons. The van der Waals surface area contributed by atoms with Gasteiger partial charge in [0, 0.05) is 17.8 Å². The standard InChI is InChI=1S/C21H19ClFN3O2/c1-28-19-8-7-16(22)12-18(19)26-21(27)15-6-9-20(25-13-15)24-11-10-14-4-2-3-5-17(14)23/h2-9,12-13H,10-11H2,1H3,(H,24,25)(H,26,27). The number of anilines is 2. The molecule has 0 spiro atoms. The molecule has 0 atom stereocenters. The smallest absolute Gasteiger partial charge is 0.257 e. The minimum atomic E-state index is -0.328. The van der Waals surface area contributed by atoms with Crippen molar-refractivity contribution in [3.63, 3.8) is 0 Å². The maximum absolute atomic E-state index is 13.6. The number of hydrogen-bond donors (Lipinski definition) is 2. The van der Waals surface area contributed by atoms with Crippen molar-refractivity contribution in [2.75, 3.05) is 24.3 Å². The third-order valence-electron chi connectivity index (χ3n) is 4.09. The molecule has 28 heavy (non-hydrogen) atoms. The van der Waals surface area contributed by atoms with Crippen LogP contribution in [0.2, 0.25) is 5.02 Å². The molecule has 0 fully saturated rings. The largest absolute Gasteiger partial charge is 0.495 e. The summed E-state index contributed by atoms with van der Waals surface area (Å²) in [5.74, 6) is 0.567. The quantitative estimate of drug-likeness (QED) is 0.599. The number of hydrogen-bond acceptors (Lipinski definition) is 4. The van der Waals surface area contributed by atoms with Gasteiger partial charge < -0.3 is 15.4 Å². The van der Waals surface area contributed by atoms with Crippen molar-refractivity contribution in [1.29, 1.82) is 0 Å². The van der Waals surface area contributed by atoms with E-state index in [9.17, 15) is 9.18 Å². The minimum absolute atomic E-state index is 0.222. The van der Waals surface area contributed by atoms with Crippen molar-refractivity contribution >= 4 is 29.0 Å². The van der Waals surface area contributed by atoms with Crippen LogP contribution < -0.4 is 15.4 Å². The van der Waals surface area contributed by atoms with Crippen molar-refractivity contribution in [1.82, 2.24) is 4.98 Å². The Labute approximate surface area is 167 Å². The molecular weight excluding hydrogens is 381 g/mol. The van der Waals surface area contributed by atoms with Gasteiger partial charge in [0.2, 0.25) is 0 Å². The number of rotatable bonds is 7. The summed E-state index contributed by atoms with van der Waals surface area (Å²) in [4.78, 5) is 16.7. The SMILES string of the molecule is COc1ccc(Cl)cc1NC(=O)c1ccc(NCCc2ccccc2F)nc1. The van der Waals surface area contributed by atoms with Gasteiger partial charge in [-0.15, -0.1) is 0 Å². The van der Waals surface area contributed by atoms with E-state index in [0.717, 1.165) is 0 Å². The molecule has 2 N–H and O–H groups in total. The van der Waals surface area contributed by atoms with Crippen LogP contribution in [0, 0.1) is 5.82 Å². The maximum atomic E-state index is 13.6. The summed E-state index contributed by atoms with van der Waals surface area (Å²) < 4.78 is 18.8. The topological polar surface area (TPSA) is 63.2 Å². The van der Waals surface area contributed by atoms with Crippen molar-refractivity contribution in [3.05, 3.63) is 82.8 Å². The first-order valence-electron chi connectivity index (χ1n) is 8.65. The number of pyridine rings is 1. The van der Waals surface area contributed by atoms with Gasteiger partial charge in [-0.3, -0.25) is 4.79 Å². The van der Waals surface area contributed by atoms with E-state index in [0.29, 0.717) is 46.4 Å². The van der Waals surface area contributed by atoms with E-state index in [-0.39, 0.29) is 11.7 Å². The van der Waals surface area contributed by atoms with E-state index in [1.54, 1.807) is 48.5 Å². The van der Waals surface area contributed by atoms with Crippen LogP contribution in [0.1, 0.15) is 15.9 Å². The second kappa shape index (κ2) is 9.19. The summed E-state index contributed by atoms with van der Waals surface area (Å²) in [7, 11) is 1.52. The second-order valence-electron chi connectivity index (χ2n) is 6.00. The first-order valence-corrected chi connectivity index (χ1v) is 9.03. The zero-order valence-electron chi connectivity index (χ0n) is 15.2. The Bertz CT molecular complexity index is 964. The van der Waals surface area contributed by atoms with Crippen molar-refractivity contribution < 1.29 is 13.9 Å². The highest BCUT2D eigenvalue weighted by atomic mass is 35.5. The van der Waals surface area contributed by atoms with E-state index >= 15 is 0 Å². The molecule has 3 rings (SSSR count). The van der Waals surface area contributed by atoms with Crippen molar-refractivity contribution in [2.45, 2.75) is 6.42 Å². The second-order valence-corrected chi connectivity index (χ2v) is 6.44. The Kier molecular flexibility index (Phi) is 6.45. The van der Waals surface area contributed by atoms with Crippen LogP contribution in [0.3, 0.4) is 0 Å². The lowest BCUT2D eigenvalue weighted by Gasteiger charge is -2.11. The van der Waals surface area contributed by atoms with E-state index in [4.69, 9.17) is 16.3 Å². The number of ether oxygens (including phenoxy) is 1. The number of amides is 1. The Morgan fingerprint density at radius 1 is 1.18 bits per heavy atom. The summed E-state index contributed by atoms with van der Waals surface area (Å²) in [6.45, 7) is 0.527. The van der Waals surface area contributed by atoms with Crippen molar-refractivity contribution in [3.8, 4) is 5.75 Å². The number of nitrogens with zero attached hydrogens (tertiary/aromatic N) is 1. The van der Waals surface area contributed by atoms with Crippen molar-refractivity contribution in [2.24, 2.45) is 0 Å². The number of benzene rings is 2. The van der Waals surface area contributed by atoms with Gasteiger partial charge in [-0.2, -0.15) is 0 Å². The number of carbonyl (C=O) groups is 1. The van der Waals surface area contributed by atoms with E-state index in [1.807, 2.05) is 0 Å². The Balaban J connectivity index is 1.58. The zero-order chi connectivity index (χ0) is 19.9. The predicted molar refractivity (Wildman–Crippen MR) is 109 cm³/mol. The molecule has 7 heteroatoms. The molecule has 0 saturated heterocycles. The van der Waals surface area contributed by atoms with Gasteiger partial charge in [0.1, 0.15) is 17.4 Å². The summed E-state index contributed by atoms with van der Waals surface area (Å²) in [6.07, 6.45) is 2.00. The highest BCUT2D eigenvalue weighted by molar-refractivity contribution is 6.31. The fourth-order valence-corrected chi connectivity index (χ4v) is 2.80. The fraction of sp³-hybridized carbons (Fsp3) is 0.143. The first kappa shape index (κ1) is 19.6. The molecule has 1 heterocycles. The molecule has 0 unspecified atom stereocenters.